The summed E-state index contributed by atoms with van der Waals surface area (Å²) in [5.74, 6) is 0. The maximum Gasteiger partial charge on any atom is 0.0367 e. The Morgan fingerprint density at radius 2 is 1.05 bits per heavy atom. The van der Waals surface area contributed by atoms with Crippen LogP contribution in [0.1, 0.15) is 25.7 Å². The van der Waals surface area contributed by atoms with Crippen molar-refractivity contribution in [3.05, 3.63) is 24.3 Å². The molecule has 3 rings (SSSR count). The Kier molecular flexibility index (Phi) is 4.23. The van der Waals surface area contributed by atoms with Crippen molar-refractivity contribution in [3.8, 4) is 0 Å². The lowest BCUT2D eigenvalue weighted by Crippen LogP contribution is -2.33. The van der Waals surface area contributed by atoms with Gasteiger partial charge in [-0.3, -0.25) is 0 Å². The lowest BCUT2D eigenvalue weighted by molar-refractivity contribution is 0.567. The van der Waals surface area contributed by atoms with Crippen LogP contribution in [0.4, 0.5) is 11.4 Å². The fraction of sp³-hybridized carbons (Fsp3) is 0.625. The second-order valence-electron chi connectivity index (χ2n) is 5.65. The largest absolute Gasteiger partial charge is 0.372 e. The summed E-state index contributed by atoms with van der Waals surface area (Å²) in [6, 6.07) is 9.22. The standard InChI is InChI=1S/C16H25N3/c1-2-12-18(11-1)15-5-7-16(8-6-15)19-13-3-9-17-10-4-14-19/h5-8,17H,1-4,9-14H2. The smallest absolute Gasteiger partial charge is 0.0367 e. The van der Waals surface area contributed by atoms with Crippen molar-refractivity contribution in [2.75, 3.05) is 49.1 Å². The van der Waals surface area contributed by atoms with Crippen LogP contribution < -0.4 is 15.1 Å². The van der Waals surface area contributed by atoms with Gasteiger partial charge in [-0.05, 0) is 63.0 Å². The molecule has 104 valence electrons. The van der Waals surface area contributed by atoms with E-state index in [1.165, 1.54) is 63.2 Å². The number of hydrogen-bond donors (Lipinski definition) is 1. The third-order valence-electron chi connectivity index (χ3n) is 4.25. The van der Waals surface area contributed by atoms with Gasteiger partial charge in [-0.15, -0.1) is 0 Å². The van der Waals surface area contributed by atoms with Crippen LogP contribution in [0.25, 0.3) is 0 Å². The molecule has 0 amide bonds. The molecule has 2 heterocycles. The Bertz CT molecular complexity index is 373. The van der Waals surface area contributed by atoms with Crippen LogP contribution in [0.15, 0.2) is 24.3 Å². The Balaban J connectivity index is 1.66. The first-order chi connectivity index (χ1) is 9.43. The number of anilines is 2. The van der Waals surface area contributed by atoms with Crippen LogP contribution in [0.3, 0.4) is 0 Å². The number of benzene rings is 1. The molecule has 0 bridgehead atoms. The third kappa shape index (κ3) is 3.21. The summed E-state index contributed by atoms with van der Waals surface area (Å²) < 4.78 is 0. The zero-order valence-electron chi connectivity index (χ0n) is 11.8. The monoisotopic (exact) mass is 259 g/mol. The SMILES string of the molecule is c1cc(N2CCCNCCC2)ccc1N1CCCC1. The highest BCUT2D eigenvalue weighted by Gasteiger charge is 2.13. The molecular formula is C16H25N3. The maximum absolute atomic E-state index is 3.47. The van der Waals surface area contributed by atoms with Crippen LogP contribution in [0, 0.1) is 0 Å². The molecule has 1 N–H and O–H groups in total. The topological polar surface area (TPSA) is 18.5 Å². The molecule has 2 aliphatic heterocycles. The molecule has 0 aromatic heterocycles. The molecule has 0 atom stereocenters. The van der Waals surface area contributed by atoms with Gasteiger partial charge < -0.3 is 15.1 Å². The average Bonchev–Trinajstić information content (AvgIpc) is 2.93. The van der Waals surface area contributed by atoms with E-state index in [1.54, 1.807) is 0 Å². The molecule has 0 saturated carbocycles. The highest BCUT2D eigenvalue weighted by molar-refractivity contribution is 5.56. The summed E-state index contributed by atoms with van der Waals surface area (Å²) in [5, 5.41) is 3.47. The molecule has 19 heavy (non-hydrogen) atoms. The fourth-order valence-corrected chi connectivity index (χ4v) is 3.13. The maximum atomic E-state index is 3.47. The van der Waals surface area contributed by atoms with E-state index in [0.717, 1.165) is 13.1 Å². The van der Waals surface area contributed by atoms with Crippen molar-refractivity contribution in [2.45, 2.75) is 25.7 Å². The first-order valence-corrected chi connectivity index (χ1v) is 7.74. The van der Waals surface area contributed by atoms with Gasteiger partial charge in [0, 0.05) is 37.6 Å². The molecular weight excluding hydrogens is 234 g/mol. The van der Waals surface area contributed by atoms with Crippen LogP contribution in [-0.2, 0) is 0 Å². The normalized spacial score (nSPS) is 21.3. The van der Waals surface area contributed by atoms with Gasteiger partial charge in [-0.25, -0.2) is 0 Å². The molecule has 1 aromatic rings. The van der Waals surface area contributed by atoms with Gasteiger partial charge in [-0.2, -0.15) is 0 Å². The molecule has 0 spiro atoms. The van der Waals surface area contributed by atoms with Crippen molar-refractivity contribution >= 4 is 11.4 Å². The quantitative estimate of drug-likeness (QED) is 0.880. The van der Waals surface area contributed by atoms with E-state index in [9.17, 15) is 0 Å². The average molecular weight is 259 g/mol. The lowest BCUT2D eigenvalue weighted by atomic mass is 10.2. The van der Waals surface area contributed by atoms with Crippen molar-refractivity contribution in [2.24, 2.45) is 0 Å². The summed E-state index contributed by atoms with van der Waals surface area (Å²) in [7, 11) is 0. The molecule has 3 nitrogen and oxygen atoms in total. The molecule has 0 radical (unpaired) electrons. The van der Waals surface area contributed by atoms with E-state index >= 15 is 0 Å². The molecule has 1 aromatic carbocycles. The second kappa shape index (κ2) is 6.29. The Labute approximate surface area is 116 Å². The molecule has 2 fully saturated rings. The van der Waals surface area contributed by atoms with Crippen LogP contribution >= 0.6 is 0 Å². The first-order valence-electron chi connectivity index (χ1n) is 7.74. The number of nitrogens with zero attached hydrogens (tertiary/aromatic N) is 2. The van der Waals surface area contributed by atoms with Crippen molar-refractivity contribution in [3.63, 3.8) is 0 Å². The first kappa shape index (κ1) is 12.8. The number of nitrogens with one attached hydrogen (secondary N) is 1. The van der Waals surface area contributed by atoms with Crippen LogP contribution in [-0.4, -0.2) is 39.3 Å². The van der Waals surface area contributed by atoms with E-state index in [0.29, 0.717) is 0 Å². The summed E-state index contributed by atoms with van der Waals surface area (Å²) in [6.45, 7) is 7.13. The number of rotatable bonds is 2. The summed E-state index contributed by atoms with van der Waals surface area (Å²) >= 11 is 0. The van der Waals surface area contributed by atoms with Gasteiger partial charge in [-0.1, -0.05) is 0 Å². The van der Waals surface area contributed by atoms with E-state index in [4.69, 9.17) is 0 Å². The predicted octanol–water partition coefficient (Wildman–Crippen LogP) is 2.48. The molecule has 0 unspecified atom stereocenters. The fourth-order valence-electron chi connectivity index (χ4n) is 3.13. The summed E-state index contributed by atoms with van der Waals surface area (Å²) in [5.41, 5.74) is 2.79. The van der Waals surface area contributed by atoms with E-state index in [-0.39, 0.29) is 0 Å². The van der Waals surface area contributed by atoms with Gasteiger partial charge in [0.25, 0.3) is 0 Å². The summed E-state index contributed by atoms with van der Waals surface area (Å²) in [6.07, 6.45) is 5.18. The minimum Gasteiger partial charge on any atom is -0.372 e. The lowest BCUT2D eigenvalue weighted by Gasteiger charge is -2.28. The zero-order chi connectivity index (χ0) is 12.9. The molecule has 3 heteroatoms. The molecule has 2 aliphatic rings. The van der Waals surface area contributed by atoms with Gasteiger partial charge in [0.2, 0.25) is 0 Å². The third-order valence-corrected chi connectivity index (χ3v) is 4.25. The molecule has 2 saturated heterocycles. The van der Waals surface area contributed by atoms with Crippen LogP contribution in [0.5, 0.6) is 0 Å². The Morgan fingerprint density at radius 3 is 1.53 bits per heavy atom. The minimum atomic E-state index is 1.16. The summed E-state index contributed by atoms with van der Waals surface area (Å²) in [4.78, 5) is 5.04. The van der Waals surface area contributed by atoms with Crippen molar-refractivity contribution < 1.29 is 0 Å². The highest BCUT2D eigenvalue weighted by atomic mass is 15.2. The molecule has 0 aliphatic carbocycles. The Morgan fingerprint density at radius 1 is 0.632 bits per heavy atom. The van der Waals surface area contributed by atoms with Gasteiger partial charge in [0.15, 0.2) is 0 Å². The van der Waals surface area contributed by atoms with E-state index < -0.39 is 0 Å². The predicted molar refractivity (Wildman–Crippen MR) is 82.2 cm³/mol. The van der Waals surface area contributed by atoms with Gasteiger partial charge >= 0.3 is 0 Å². The van der Waals surface area contributed by atoms with E-state index in [2.05, 4.69) is 39.4 Å². The van der Waals surface area contributed by atoms with Gasteiger partial charge in [0.1, 0.15) is 0 Å². The Hall–Kier alpha value is -1.22. The van der Waals surface area contributed by atoms with E-state index in [1.807, 2.05) is 0 Å². The van der Waals surface area contributed by atoms with Crippen LogP contribution in [0.2, 0.25) is 0 Å². The van der Waals surface area contributed by atoms with Crippen molar-refractivity contribution in [1.29, 1.82) is 0 Å². The van der Waals surface area contributed by atoms with Gasteiger partial charge in [0.05, 0.1) is 0 Å². The zero-order valence-corrected chi connectivity index (χ0v) is 11.8. The second-order valence-corrected chi connectivity index (χ2v) is 5.65. The number of hydrogen-bond acceptors (Lipinski definition) is 3. The van der Waals surface area contributed by atoms with Crippen molar-refractivity contribution in [1.82, 2.24) is 5.32 Å². The minimum absolute atomic E-state index is 1.16. The highest BCUT2D eigenvalue weighted by Crippen LogP contribution is 2.24.